The molecule has 0 saturated carbocycles. The Morgan fingerprint density at radius 3 is 2.56 bits per heavy atom. The van der Waals surface area contributed by atoms with E-state index in [2.05, 4.69) is 17.4 Å². The van der Waals surface area contributed by atoms with E-state index in [9.17, 15) is 9.59 Å². The SMILES string of the molecule is O=C(c1cccs1)N1CCC2(CC1)NCC(=O)N2Cc1ccccc1. The topological polar surface area (TPSA) is 52.7 Å². The zero-order chi connectivity index (χ0) is 17.3. The van der Waals surface area contributed by atoms with Gasteiger partial charge in [-0.05, 0) is 17.0 Å². The Morgan fingerprint density at radius 1 is 1.12 bits per heavy atom. The van der Waals surface area contributed by atoms with Crippen LogP contribution in [0, 0.1) is 0 Å². The monoisotopic (exact) mass is 355 g/mol. The molecule has 2 aromatic rings. The van der Waals surface area contributed by atoms with Crippen molar-refractivity contribution in [3.8, 4) is 0 Å². The normalized spacial score (nSPS) is 19.6. The van der Waals surface area contributed by atoms with Gasteiger partial charge in [0.2, 0.25) is 5.91 Å². The molecule has 0 aliphatic carbocycles. The molecule has 0 radical (unpaired) electrons. The third kappa shape index (κ3) is 3.07. The van der Waals surface area contributed by atoms with Crippen molar-refractivity contribution in [2.24, 2.45) is 0 Å². The van der Waals surface area contributed by atoms with Crippen molar-refractivity contribution < 1.29 is 9.59 Å². The average Bonchev–Trinajstić information content (AvgIpc) is 3.28. The number of nitrogens with zero attached hydrogens (tertiary/aromatic N) is 2. The summed E-state index contributed by atoms with van der Waals surface area (Å²) in [5, 5.41) is 5.36. The molecule has 0 atom stereocenters. The highest BCUT2D eigenvalue weighted by Crippen LogP contribution is 2.32. The molecule has 4 rings (SSSR count). The van der Waals surface area contributed by atoms with Crippen LogP contribution in [0.2, 0.25) is 0 Å². The number of likely N-dealkylation sites (tertiary alicyclic amines) is 1. The van der Waals surface area contributed by atoms with E-state index in [4.69, 9.17) is 0 Å². The maximum absolute atomic E-state index is 12.5. The van der Waals surface area contributed by atoms with Crippen LogP contribution in [0.4, 0.5) is 0 Å². The van der Waals surface area contributed by atoms with Crippen LogP contribution in [0.15, 0.2) is 47.8 Å². The van der Waals surface area contributed by atoms with Crippen LogP contribution in [0.1, 0.15) is 28.1 Å². The summed E-state index contributed by atoms with van der Waals surface area (Å²) >= 11 is 1.48. The standard InChI is InChI=1S/C19H21N3O2S/c23-17-13-20-19(22(17)14-15-5-2-1-3-6-15)8-10-21(11-9-19)18(24)16-7-4-12-25-16/h1-7,12,20H,8-11,13-14H2. The summed E-state index contributed by atoms with van der Waals surface area (Å²) in [4.78, 5) is 29.6. The lowest BCUT2D eigenvalue weighted by atomic mass is 9.95. The maximum atomic E-state index is 12.5. The molecule has 2 aliphatic heterocycles. The molecule has 2 amide bonds. The molecule has 2 fully saturated rings. The van der Waals surface area contributed by atoms with Gasteiger partial charge in [0.1, 0.15) is 0 Å². The molecule has 1 spiro atoms. The zero-order valence-corrected chi connectivity index (χ0v) is 14.8. The van der Waals surface area contributed by atoms with Gasteiger partial charge in [0.15, 0.2) is 0 Å². The lowest BCUT2D eigenvalue weighted by molar-refractivity contribution is -0.132. The van der Waals surface area contributed by atoms with Gasteiger partial charge in [-0.3, -0.25) is 14.9 Å². The fourth-order valence-electron chi connectivity index (χ4n) is 3.76. The quantitative estimate of drug-likeness (QED) is 0.919. The second-order valence-electron chi connectivity index (χ2n) is 6.62. The van der Waals surface area contributed by atoms with Crippen molar-refractivity contribution in [1.29, 1.82) is 0 Å². The third-order valence-electron chi connectivity index (χ3n) is 5.18. The van der Waals surface area contributed by atoms with Crippen molar-refractivity contribution >= 4 is 23.2 Å². The summed E-state index contributed by atoms with van der Waals surface area (Å²) < 4.78 is 0. The minimum atomic E-state index is -0.320. The second-order valence-corrected chi connectivity index (χ2v) is 7.57. The molecule has 1 aromatic heterocycles. The number of hydrogen-bond acceptors (Lipinski definition) is 4. The van der Waals surface area contributed by atoms with Crippen molar-refractivity contribution in [1.82, 2.24) is 15.1 Å². The van der Waals surface area contributed by atoms with E-state index in [0.717, 1.165) is 23.3 Å². The van der Waals surface area contributed by atoms with E-state index in [1.165, 1.54) is 11.3 Å². The summed E-state index contributed by atoms with van der Waals surface area (Å²) in [6.07, 6.45) is 1.53. The molecular formula is C19H21N3O2S. The zero-order valence-electron chi connectivity index (χ0n) is 14.0. The van der Waals surface area contributed by atoms with Gasteiger partial charge >= 0.3 is 0 Å². The summed E-state index contributed by atoms with van der Waals surface area (Å²) in [5.41, 5.74) is 0.815. The Labute approximate surface area is 151 Å². The number of thiophene rings is 1. The average molecular weight is 355 g/mol. The van der Waals surface area contributed by atoms with Gasteiger partial charge in [0.25, 0.3) is 5.91 Å². The first-order valence-electron chi connectivity index (χ1n) is 8.60. The van der Waals surface area contributed by atoms with Gasteiger partial charge in [-0.2, -0.15) is 0 Å². The van der Waals surface area contributed by atoms with Crippen LogP contribution >= 0.6 is 11.3 Å². The second kappa shape index (κ2) is 6.61. The molecule has 0 bridgehead atoms. The Balaban J connectivity index is 1.47. The van der Waals surface area contributed by atoms with Crippen molar-refractivity contribution in [3.05, 3.63) is 58.3 Å². The molecule has 1 N–H and O–H groups in total. The smallest absolute Gasteiger partial charge is 0.263 e. The number of carbonyl (C=O) groups is 2. The molecular weight excluding hydrogens is 334 g/mol. The Bertz CT molecular complexity index is 752. The van der Waals surface area contributed by atoms with Crippen LogP contribution in [-0.4, -0.2) is 46.9 Å². The highest BCUT2D eigenvalue weighted by molar-refractivity contribution is 7.12. The molecule has 2 aliphatic rings. The third-order valence-corrected chi connectivity index (χ3v) is 6.04. The minimum absolute atomic E-state index is 0.101. The van der Waals surface area contributed by atoms with Gasteiger partial charge in [-0.15, -0.1) is 11.3 Å². The van der Waals surface area contributed by atoms with Crippen molar-refractivity contribution in [3.63, 3.8) is 0 Å². The fourth-order valence-corrected chi connectivity index (χ4v) is 4.45. The fraction of sp³-hybridized carbons (Fsp3) is 0.368. The largest absolute Gasteiger partial charge is 0.338 e. The number of benzene rings is 1. The Hall–Kier alpha value is -2.18. The van der Waals surface area contributed by atoms with E-state index in [-0.39, 0.29) is 17.5 Å². The molecule has 6 heteroatoms. The van der Waals surface area contributed by atoms with E-state index >= 15 is 0 Å². The summed E-state index contributed by atoms with van der Waals surface area (Å²) in [6, 6.07) is 13.9. The van der Waals surface area contributed by atoms with Crippen LogP contribution < -0.4 is 5.32 Å². The number of piperidine rings is 1. The lowest BCUT2D eigenvalue weighted by Gasteiger charge is -2.44. The molecule has 5 nitrogen and oxygen atoms in total. The molecule has 3 heterocycles. The van der Waals surface area contributed by atoms with Gasteiger partial charge in [-0.1, -0.05) is 36.4 Å². The molecule has 25 heavy (non-hydrogen) atoms. The van der Waals surface area contributed by atoms with E-state index in [1.54, 1.807) is 0 Å². The van der Waals surface area contributed by atoms with Crippen molar-refractivity contribution in [2.75, 3.05) is 19.6 Å². The summed E-state index contributed by atoms with van der Waals surface area (Å²) in [6.45, 7) is 2.34. The Morgan fingerprint density at radius 2 is 1.88 bits per heavy atom. The first-order chi connectivity index (χ1) is 12.2. The van der Waals surface area contributed by atoms with E-state index in [1.807, 2.05) is 45.5 Å². The van der Waals surface area contributed by atoms with Gasteiger partial charge in [0, 0.05) is 32.5 Å². The van der Waals surface area contributed by atoms with E-state index in [0.29, 0.717) is 26.2 Å². The molecule has 130 valence electrons. The summed E-state index contributed by atoms with van der Waals surface area (Å²) in [5.74, 6) is 0.241. The predicted octanol–water partition coefficient (Wildman–Crippen LogP) is 2.31. The molecule has 1 aromatic carbocycles. The van der Waals surface area contributed by atoms with Gasteiger partial charge < -0.3 is 9.80 Å². The van der Waals surface area contributed by atoms with Gasteiger partial charge in [-0.25, -0.2) is 0 Å². The van der Waals surface area contributed by atoms with Crippen LogP contribution in [-0.2, 0) is 11.3 Å². The van der Waals surface area contributed by atoms with E-state index < -0.39 is 0 Å². The van der Waals surface area contributed by atoms with Gasteiger partial charge in [0.05, 0.1) is 17.1 Å². The van der Waals surface area contributed by atoms with Crippen molar-refractivity contribution in [2.45, 2.75) is 25.0 Å². The first kappa shape index (κ1) is 16.3. The predicted molar refractivity (Wildman–Crippen MR) is 97.2 cm³/mol. The highest BCUT2D eigenvalue weighted by Gasteiger charge is 2.47. The highest BCUT2D eigenvalue weighted by atomic mass is 32.1. The summed E-state index contributed by atoms with van der Waals surface area (Å²) in [7, 11) is 0. The number of nitrogens with one attached hydrogen (secondary N) is 1. The Kier molecular flexibility index (Phi) is 4.31. The van der Waals surface area contributed by atoms with Crippen LogP contribution in [0.25, 0.3) is 0 Å². The number of hydrogen-bond donors (Lipinski definition) is 1. The number of rotatable bonds is 3. The number of carbonyl (C=O) groups excluding carboxylic acids is 2. The van der Waals surface area contributed by atoms with Crippen LogP contribution in [0.5, 0.6) is 0 Å². The molecule has 0 unspecified atom stereocenters. The number of amides is 2. The maximum Gasteiger partial charge on any atom is 0.263 e. The lowest BCUT2D eigenvalue weighted by Crippen LogP contribution is -2.58. The molecule has 2 saturated heterocycles. The first-order valence-corrected chi connectivity index (χ1v) is 9.48. The minimum Gasteiger partial charge on any atom is -0.338 e. The van der Waals surface area contributed by atoms with Crippen LogP contribution in [0.3, 0.4) is 0 Å².